The van der Waals surface area contributed by atoms with E-state index in [1.165, 1.54) is 0 Å². The van der Waals surface area contributed by atoms with E-state index in [1.807, 2.05) is 20.8 Å². The lowest BCUT2D eigenvalue weighted by atomic mass is 9.92. The maximum atomic E-state index is 12.6. The van der Waals surface area contributed by atoms with Gasteiger partial charge in [0.25, 0.3) is 5.91 Å². The third-order valence-electron chi connectivity index (χ3n) is 3.99. The molecule has 1 amide bonds. The number of fused-ring (bicyclic) bond motifs is 1. The highest BCUT2D eigenvalue weighted by Crippen LogP contribution is 2.46. The zero-order chi connectivity index (χ0) is 15.6. The second-order valence-corrected chi connectivity index (χ2v) is 5.09. The van der Waals surface area contributed by atoms with Gasteiger partial charge in [-0.15, -0.1) is 0 Å². The minimum Gasteiger partial charge on any atom is -0.490 e. The van der Waals surface area contributed by atoms with Crippen LogP contribution in [-0.2, 0) is 4.79 Å². The zero-order valence-corrected chi connectivity index (χ0v) is 12.9. The van der Waals surface area contributed by atoms with E-state index in [-0.39, 0.29) is 5.91 Å². The molecule has 0 saturated carbocycles. The smallest absolute Gasteiger partial charge is 0.270 e. The van der Waals surface area contributed by atoms with Crippen molar-refractivity contribution in [3.8, 4) is 11.5 Å². The fourth-order valence-electron chi connectivity index (χ4n) is 2.64. The Morgan fingerprint density at radius 3 is 2.48 bits per heavy atom. The quantitative estimate of drug-likeness (QED) is 0.783. The second-order valence-electron chi connectivity index (χ2n) is 5.09. The van der Waals surface area contributed by atoms with E-state index < -0.39 is 5.60 Å². The number of nitrogens with zero attached hydrogens (tertiary/aromatic N) is 1. The van der Waals surface area contributed by atoms with Crippen LogP contribution in [0.3, 0.4) is 0 Å². The Hall–Kier alpha value is -2.04. The number of hydrogen-bond donors (Lipinski definition) is 0. The number of likely N-dealkylation sites (N-methyl/N-ethyl adjacent to an activating group) is 1. The average molecular weight is 291 g/mol. The van der Waals surface area contributed by atoms with Crippen molar-refractivity contribution in [1.82, 2.24) is 0 Å². The van der Waals surface area contributed by atoms with E-state index in [4.69, 9.17) is 9.47 Å². The zero-order valence-electron chi connectivity index (χ0n) is 12.9. The largest absolute Gasteiger partial charge is 0.490 e. The highest BCUT2D eigenvalue weighted by molar-refractivity contribution is 6.03. The van der Waals surface area contributed by atoms with Gasteiger partial charge in [0.2, 0.25) is 0 Å². The molecule has 5 heteroatoms. The van der Waals surface area contributed by atoms with Crippen molar-refractivity contribution in [2.24, 2.45) is 0 Å². The summed E-state index contributed by atoms with van der Waals surface area (Å²) in [6.07, 6.45) is 1.89. The molecule has 1 heterocycles. The average Bonchev–Trinajstić information content (AvgIpc) is 2.51. The first-order valence-electron chi connectivity index (χ1n) is 7.26. The van der Waals surface area contributed by atoms with Gasteiger partial charge in [-0.2, -0.15) is 0 Å². The number of amides is 1. The molecule has 1 aliphatic heterocycles. The number of ether oxygens (including phenoxy) is 2. The summed E-state index contributed by atoms with van der Waals surface area (Å²) in [5, 5.41) is 0. The molecule has 1 aromatic rings. The number of benzene rings is 1. The van der Waals surface area contributed by atoms with Crippen molar-refractivity contribution in [3.05, 3.63) is 17.7 Å². The van der Waals surface area contributed by atoms with Crippen LogP contribution in [0.2, 0.25) is 0 Å². The Bertz CT molecular complexity index is 564. The summed E-state index contributed by atoms with van der Waals surface area (Å²) in [5.41, 5.74) is 0.169. The van der Waals surface area contributed by atoms with Crippen molar-refractivity contribution in [2.75, 3.05) is 18.6 Å². The Morgan fingerprint density at radius 1 is 1.29 bits per heavy atom. The molecule has 0 N–H and O–H groups in total. The van der Waals surface area contributed by atoms with Crippen LogP contribution < -0.4 is 14.4 Å². The minimum absolute atomic E-state index is 0.0921. The molecule has 2 rings (SSSR count). The molecule has 21 heavy (non-hydrogen) atoms. The van der Waals surface area contributed by atoms with Gasteiger partial charge in [0.05, 0.1) is 12.3 Å². The lowest BCUT2D eigenvalue weighted by Gasteiger charge is -2.41. The lowest BCUT2D eigenvalue weighted by Crippen LogP contribution is -2.54. The molecular weight excluding hydrogens is 270 g/mol. The van der Waals surface area contributed by atoms with Gasteiger partial charge in [0, 0.05) is 12.6 Å². The highest BCUT2D eigenvalue weighted by Gasteiger charge is 2.45. The number of rotatable bonds is 5. The van der Waals surface area contributed by atoms with E-state index in [1.54, 1.807) is 24.1 Å². The fourth-order valence-corrected chi connectivity index (χ4v) is 2.64. The SMILES string of the molecule is CCOc1cc(C=O)cc2c1OC(CC)(CC)C(=O)N2C. The lowest BCUT2D eigenvalue weighted by molar-refractivity contribution is -0.136. The van der Waals surface area contributed by atoms with Gasteiger partial charge in [0.15, 0.2) is 17.1 Å². The van der Waals surface area contributed by atoms with Gasteiger partial charge >= 0.3 is 0 Å². The molecule has 0 spiro atoms. The van der Waals surface area contributed by atoms with Gasteiger partial charge in [0.1, 0.15) is 6.29 Å². The van der Waals surface area contributed by atoms with Crippen LogP contribution in [0.1, 0.15) is 44.0 Å². The Morgan fingerprint density at radius 2 is 1.95 bits per heavy atom. The van der Waals surface area contributed by atoms with E-state index in [9.17, 15) is 9.59 Å². The third-order valence-corrected chi connectivity index (χ3v) is 3.99. The first-order valence-corrected chi connectivity index (χ1v) is 7.26. The summed E-state index contributed by atoms with van der Waals surface area (Å²) in [6, 6.07) is 3.30. The van der Waals surface area contributed by atoms with Crippen molar-refractivity contribution >= 4 is 17.9 Å². The molecule has 0 saturated heterocycles. The molecule has 0 unspecified atom stereocenters. The number of carbonyl (C=O) groups excluding carboxylic acids is 2. The molecule has 1 aromatic carbocycles. The molecule has 0 bridgehead atoms. The van der Waals surface area contributed by atoms with Crippen LogP contribution in [0.15, 0.2) is 12.1 Å². The molecular formula is C16H21NO4. The van der Waals surface area contributed by atoms with Gasteiger partial charge in [-0.3, -0.25) is 9.59 Å². The van der Waals surface area contributed by atoms with Crippen LogP contribution in [0, 0.1) is 0 Å². The summed E-state index contributed by atoms with van der Waals surface area (Å²) in [6.45, 7) is 6.19. The third kappa shape index (κ3) is 2.37. The van der Waals surface area contributed by atoms with Crippen molar-refractivity contribution in [2.45, 2.75) is 39.2 Å². The van der Waals surface area contributed by atoms with Crippen LogP contribution in [0.25, 0.3) is 0 Å². The fraction of sp³-hybridized carbons (Fsp3) is 0.500. The number of aldehydes is 1. The van der Waals surface area contributed by atoms with Gasteiger partial charge in [-0.05, 0) is 31.9 Å². The number of carbonyl (C=O) groups is 2. The standard InChI is InChI=1S/C16H21NO4/c1-5-16(6-2)15(19)17(4)12-8-11(10-18)9-13(20-7-3)14(12)21-16/h8-10H,5-7H2,1-4H3. The first kappa shape index (κ1) is 15.4. The van der Waals surface area contributed by atoms with E-state index in [0.717, 1.165) is 6.29 Å². The summed E-state index contributed by atoms with van der Waals surface area (Å²) >= 11 is 0. The number of anilines is 1. The predicted molar refractivity (Wildman–Crippen MR) is 80.3 cm³/mol. The molecule has 0 radical (unpaired) electrons. The monoisotopic (exact) mass is 291 g/mol. The summed E-state index contributed by atoms with van der Waals surface area (Å²) < 4.78 is 11.6. The molecule has 0 aliphatic carbocycles. The van der Waals surface area contributed by atoms with Gasteiger partial charge in [-0.1, -0.05) is 13.8 Å². The molecule has 0 fully saturated rings. The second kappa shape index (κ2) is 5.76. The topological polar surface area (TPSA) is 55.8 Å². The van der Waals surface area contributed by atoms with E-state index >= 15 is 0 Å². The Labute approximate surface area is 124 Å². The van der Waals surface area contributed by atoms with Crippen LogP contribution in [-0.4, -0.2) is 31.4 Å². The van der Waals surface area contributed by atoms with E-state index in [2.05, 4.69) is 0 Å². The summed E-state index contributed by atoms with van der Waals surface area (Å²) in [5.74, 6) is 0.946. The molecule has 0 aromatic heterocycles. The molecule has 0 atom stereocenters. The van der Waals surface area contributed by atoms with Crippen molar-refractivity contribution in [1.29, 1.82) is 0 Å². The van der Waals surface area contributed by atoms with Crippen LogP contribution in [0.4, 0.5) is 5.69 Å². The van der Waals surface area contributed by atoms with Gasteiger partial charge < -0.3 is 14.4 Å². The van der Waals surface area contributed by atoms with E-state index in [0.29, 0.717) is 42.2 Å². The molecule has 1 aliphatic rings. The van der Waals surface area contributed by atoms with Crippen LogP contribution >= 0.6 is 0 Å². The van der Waals surface area contributed by atoms with Crippen molar-refractivity contribution < 1.29 is 19.1 Å². The minimum atomic E-state index is -0.865. The highest BCUT2D eigenvalue weighted by atomic mass is 16.5. The normalized spacial score (nSPS) is 16.2. The van der Waals surface area contributed by atoms with Crippen molar-refractivity contribution in [3.63, 3.8) is 0 Å². The van der Waals surface area contributed by atoms with Crippen LogP contribution in [0.5, 0.6) is 11.5 Å². The number of hydrogen-bond acceptors (Lipinski definition) is 4. The first-order chi connectivity index (χ1) is 10.0. The molecule has 114 valence electrons. The predicted octanol–water partition coefficient (Wildman–Crippen LogP) is 2.81. The van der Waals surface area contributed by atoms with Gasteiger partial charge in [-0.25, -0.2) is 0 Å². The Kier molecular flexibility index (Phi) is 4.21. The summed E-state index contributed by atoms with van der Waals surface area (Å²) in [7, 11) is 1.70. The molecule has 5 nitrogen and oxygen atoms in total. The maximum absolute atomic E-state index is 12.6. The maximum Gasteiger partial charge on any atom is 0.270 e. The Balaban J connectivity index is 2.63. The summed E-state index contributed by atoms with van der Waals surface area (Å²) in [4.78, 5) is 25.2.